The molecule has 2 aromatic carbocycles. The Kier molecular flexibility index (Phi) is 5.17. The minimum atomic E-state index is -0.971. The molecule has 1 aromatic heterocycles. The second kappa shape index (κ2) is 7.54. The summed E-state index contributed by atoms with van der Waals surface area (Å²) in [6.07, 6.45) is 2.96. The molecule has 0 atom stereocenters. The van der Waals surface area contributed by atoms with Crippen molar-refractivity contribution in [3.63, 3.8) is 0 Å². The van der Waals surface area contributed by atoms with Crippen molar-refractivity contribution in [2.75, 3.05) is 6.26 Å². The van der Waals surface area contributed by atoms with E-state index in [9.17, 15) is 23.7 Å². The SMILES string of the molecule is CSc1ncc(C(=O)Oc2cc(F)ccc2[N+](=O)[O-])n1-c1ccc(F)cc1. The molecular formula is C17H11F2N3O4S. The van der Waals surface area contributed by atoms with Crippen LogP contribution in [0, 0.1) is 21.7 Å². The first-order valence-electron chi connectivity index (χ1n) is 7.44. The third kappa shape index (κ3) is 3.80. The van der Waals surface area contributed by atoms with Crippen molar-refractivity contribution in [3.05, 3.63) is 76.1 Å². The van der Waals surface area contributed by atoms with Gasteiger partial charge in [0.2, 0.25) is 5.75 Å². The Morgan fingerprint density at radius 3 is 2.48 bits per heavy atom. The van der Waals surface area contributed by atoms with Crippen LogP contribution in [0.15, 0.2) is 53.8 Å². The number of hydrogen-bond donors (Lipinski definition) is 0. The molecule has 0 amide bonds. The van der Waals surface area contributed by atoms with Gasteiger partial charge in [0, 0.05) is 17.8 Å². The molecule has 3 rings (SSSR count). The number of nitro benzene ring substituents is 1. The monoisotopic (exact) mass is 391 g/mol. The van der Waals surface area contributed by atoms with Gasteiger partial charge in [-0.1, -0.05) is 11.8 Å². The van der Waals surface area contributed by atoms with Crippen LogP contribution in [0.1, 0.15) is 10.5 Å². The highest BCUT2D eigenvalue weighted by Crippen LogP contribution is 2.29. The fourth-order valence-corrected chi connectivity index (χ4v) is 2.88. The highest BCUT2D eigenvalue weighted by atomic mass is 32.2. The molecular weight excluding hydrogens is 380 g/mol. The van der Waals surface area contributed by atoms with Crippen molar-refractivity contribution in [2.24, 2.45) is 0 Å². The van der Waals surface area contributed by atoms with Crippen molar-refractivity contribution < 1.29 is 23.2 Å². The van der Waals surface area contributed by atoms with E-state index in [2.05, 4.69) is 4.98 Å². The summed E-state index contributed by atoms with van der Waals surface area (Å²) in [6.45, 7) is 0. The molecule has 0 saturated heterocycles. The molecule has 0 radical (unpaired) electrons. The lowest BCUT2D eigenvalue weighted by Crippen LogP contribution is -2.15. The van der Waals surface area contributed by atoms with Gasteiger partial charge in [0.1, 0.15) is 11.6 Å². The number of carbonyl (C=O) groups excluding carboxylic acids is 1. The average molecular weight is 391 g/mol. The molecule has 0 aliphatic carbocycles. The minimum absolute atomic E-state index is 0.0514. The summed E-state index contributed by atoms with van der Waals surface area (Å²) in [7, 11) is 0. The van der Waals surface area contributed by atoms with Crippen molar-refractivity contribution >= 4 is 23.4 Å². The first-order valence-corrected chi connectivity index (χ1v) is 8.67. The van der Waals surface area contributed by atoms with Crippen molar-refractivity contribution in [3.8, 4) is 11.4 Å². The molecule has 0 aliphatic heterocycles. The number of benzene rings is 2. The molecule has 0 spiro atoms. The number of halogens is 2. The third-order valence-electron chi connectivity index (χ3n) is 3.53. The second-order valence-electron chi connectivity index (χ2n) is 5.20. The van der Waals surface area contributed by atoms with E-state index < -0.39 is 34.0 Å². The number of carbonyl (C=O) groups is 1. The Balaban J connectivity index is 2.02. The second-order valence-corrected chi connectivity index (χ2v) is 5.97. The zero-order valence-corrected chi connectivity index (χ0v) is 14.6. The van der Waals surface area contributed by atoms with Gasteiger partial charge < -0.3 is 4.74 Å². The molecule has 7 nitrogen and oxygen atoms in total. The summed E-state index contributed by atoms with van der Waals surface area (Å²) in [5, 5.41) is 11.5. The standard InChI is InChI=1S/C17H11F2N3O4S/c1-27-17-20-9-14(21(17)12-5-2-10(18)3-6-12)16(23)26-15-8-11(19)4-7-13(15)22(24)25/h2-9H,1H3. The Bertz CT molecular complexity index is 1020. The highest BCUT2D eigenvalue weighted by Gasteiger charge is 2.24. The summed E-state index contributed by atoms with van der Waals surface area (Å²) in [5.41, 5.74) is -0.161. The maximum absolute atomic E-state index is 13.4. The van der Waals surface area contributed by atoms with E-state index in [0.717, 1.165) is 18.2 Å². The average Bonchev–Trinajstić information content (AvgIpc) is 3.06. The van der Waals surface area contributed by atoms with Crippen LogP contribution >= 0.6 is 11.8 Å². The molecule has 138 valence electrons. The topological polar surface area (TPSA) is 87.3 Å². The van der Waals surface area contributed by atoms with Gasteiger partial charge in [-0.25, -0.2) is 18.6 Å². The molecule has 0 aliphatic rings. The van der Waals surface area contributed by atoms with E-state index >= 15 is 0 Å². The Hall–Kier alpha value is -3.27. The lowest BCUT2D eigenvalue weighted by molar-refractivity contribution is -0.385. The molecule has 3 aromatic rings. The van der Waals surface area contributed by atoms with Crippen LogP contribution in [0.4, 0.5) is 14.5 Å². The van der Waals surface area contributed by atoms with E-state index in [1.54, 1.807) is 6.26 Å². The van der Waals surface area contributed by atoms with E-state index in [-0.39, 0.29) is 5.69 Å². The number of esters is 1. The van der Waals surface area contributed by atoms with Crippen LogP contribution < -0.4 is 4.74 Å². The fourth-order valence-electron chi connectivity index (χ4n) is 2.34. The van der Waals surface area contributed by atoms with Gasteiger partial charge in [-0.15, -0.1) is 0 Å². The van der Waals surface area contributed by atoms with Gasteiger partial charge in [-0.05, 0) is 36.6 Å². The number of nitrogens with zero attached hydrogens (tertiary/aromatic N) is 3. The zero-order valence-electron chi connectivity index (χ0n) is 13.8. The Morgan fingerprint density at radius 2 is 1.85 bits per heavy atom. The number of hydrogen-bond acceptors (Lipinski definition) is 6. The van der Waals surface area contributed by atoms with Crippen LogP contribution in [-0.4, -0.2) is 26.7 Å². The predicted molar refractivity (Wildman–Crippen MR) is 93.3 cm³/mol. The van der Waals surface area contributed by atoms with Crippen molar-refractivity contribution in [1.82, 2.24) is 9.55 Å². The molecule has 27 heavy (non-hydrogen) atoms. The third-order valence-corrected chi connectivity index (χ3v) is 4.18. The fraction of sp³-hybridized carbons (Fsp3) is 0.0588. The summed E-state index contributed by atoms with van der Waals surface area (Å²) < 4.78 is 33.1. The van der Waals surface area contributed by atoms with E-state index in [1.807, 2.05) is 0 Å². The van der Waals surface area contributed by atoms with Crippen molar-refractivity contribution in [1.29, 1.82) is 0 Å². The van der Waals surface area contributed by atoms with Gasteiger partial charge in [0.15, 0.2) is 10.9 Å². The normalized spacial score (nSPS) is 10.6. The number of rotatable bonds is 5. The minimum Gasteiger partial charge on any atom is -0.414 e. The summed E-state index contributed by atoms with van der Waals surface area (Å²) in [4.78, 5) is 26.9. The van der Waals surface area contributed by atoms with Gasteiger partial charge >= 0.3 is 11.7 Å². The molecule has 0 fully saturated rings. The maximum atomic E-state index is 13.4. The quantitative estimate of drug-likeness (QED) is 0.215. The van der Waals surface area contributed by atoms with Crippen LogP contribution in [-0.2, 0) is 0 Å². The summed E-state index contributed by atoms with van der Waals surface area (Å²) in [5.74, 6) is -2.74. The molecule has 0 unspecified atom stereocenters. The first kappa shape index (κ1) is 18.5. The van der Waals surface area contributed by atoms with Crippen LogP contribution in [0.3, 0.4) is 0 Å². The molecule has 10 heteroatoms. The molecule has 0 saturated carbocycles. The van der Waals surface area contributed by atoms with Crippen LogP contribution in [0.25, 0.3) is 5.69 Å². The van der Waals surface area contributed by atoms with Gasteiger partial charge in [0.05, 0.1) is 11.1 Å². The lowest BCUT2D eigenvalue weighted by atomic mass is 10.3. The number of imidazole rings is 1. The van der Waals surface area contributed by atoms with Crippen LogP contribution in [0.2, 0.25) is 0 Å². The highest BCUT2D eigenvalue weighted by molar-refractivity contribution is 7.98. The Labute approximate surface area is 155 Å². The van der Waals surface area contributed by atoms with Gasteiger partial charge in [-0.3, -0.25) is 14.7 Å². The maximum Gasteiger partial charge on any atom is 0.362 e. The van der Waals surface area contributed by atoms with Crippen molar-refractivity contribution in [2.45, 2.75) is 5.16 Å². The number of ether oxygens (including phenoxy) is 1. The predicted octanol–water partition coefficient (Wildman–Crippen LogP) is 4.00. The number of nitro groups is 1. The van der Waals surface area contributed by atoms with Crippen LogP contribution in [0.5, 0.6) is 5.75 Å². The summed E-state index contributed by atoms with van der Waals surface area (Å²) in [6, 6.07) is 7.87. The molecule has 0 bridgehead atoms. The largest absolute Gasteiger partial charge is 0.414 e. The number of aromatic nitrogens is 2. The molecule has 1 heterocycles. The number of thioether (sulfide) groups is 1. The summed E-state index contributed by atoms with van der Waals surface area (Å²) >= 11 is 1.23. The smallest absolute Gasteiger partial charge is 0.362 e. The van der Waals surface area contributed by atoms with E-state index in [4.69, 9.17) is 4.74 Å². The Morgan fingerprint density at radius 1 is 1.19 bits per heavy atom. The van der Waals surface area contributed by atoms with E-state index in [1.165, 1.54) is 46.8 Å². The lowest BCUT2D eigenvalue weighted by Gasteiger charge is -2.11. The van der Waals surface area contributed by atoms with Gasteiger partial charge in [-0.2, -0.15) is 0 Å². The molecule has 0 N–H and O–H groups in total. The zero-order chi connectivity index (χ0) is 19.6. The van der Waals surface area contributed by atoms with Gasteiger partial charge in [0.25, 0.3) is 0 Å². The van der Waals surface area contributed by atoms with E-state index in [0.29, 0.717) is 10.8 Å². The first-order chi connectivity index (χ1) is 12.9.